The lowest BCUT2D eigenvalue weighted by Gasteiger charge is -2.13. The molecule has 0 saturated heterocycles. The van der Waals surface area contributed by atoms with Crippen molar-refractivity contribution in [3.8, 4) is 16.9 Å². The van der Waals surface area contributed by atoms with Crippen molar-refractivity contribution in [2.75, 3.05) is 12.4 Å². The Hall–Kier alpha value is -4.65. The summed E-state index contributed by atoms with van der Waals surface area (Å²) < 4.78 is 11.2. The number of hydrogen-bond donors (Lipinski definition) is 2. The highest BCUT2D eigenvalue weighted by molar-refractivity contribution is 6.09. The van der Waals surface area contributed by atoms with Gasteiger partial charge in [-0.3, -0.25) is 9.59 Å². The first kappa shape index (κ1) is 24.1. The molecule has 1 aromatic heterocycles. The van der Waals surface area contributed by atoms with Gasteiger partial charge < -0.3 is 14.5 Å². The number of rotatable bonds is 6. The van der Waals surface area contributed by atoms with E-state index in [0.29, 0.717) is 46.9 Å². The number of furan rings is 1. The average Bonchev–Trinajstić information content (AvgIpc) is 3.29. The van der Waals surface area contributed by atoms with Crippen LogP contribution in [0.15, 0.2) is 88.4 Å². The van der Waals surface area contributed by atoms with Gasteiger partial charge in [0.1, 0.15) is 11.5 Å². The molecule has 0 aliphatic heterocycles. The highest BCUT2D eigenvalue weighted by Crippen LogP contribution is 2.30. The molecule has 2 amide bonds. The number of amides is 2. The van der Waals surface area contributed by atoms with Crippen LogP contribution >= 0.6 is 0 Å². The standard InChI is InChI=1S/C30H27N3O4/c1-19-27-25(32-33-29(34)22-16-14-21(15-17-22)20-8-4-3-5-9-20)12-7-13-26(27)37-28(19)30(35)31-23-10-6-11-24(18-23)36-2/h3-6,8-11,14-18H,7,12-13H2,1-2H3,(H,31,35)(H,33,34)/b32-25+. The number of carbonyl (C=O) groups is 2. The molecule has 0 bridgehead atoms. The fourth-order valence-corrected chi connectivity index (χ4v) is 4.51. The summed E-state index contributed by atoms with van der Waals surface area (Å²) in [7, 11) is 1.57. The third kappa shape index (κ3) is 5.16. The van der Waals surface area contributed by atoms with Crippen LogP contribution in [0.25, 0.3) is 11.1 Å². The molecular formula is C30H27N3O4. The van der Waals surface area contributed by atoms with Gasteiger partial charge in [0.15, 0.2) is 5.76 Å². The Morgan fingerprint density at radius 1 is 0.892 bits per heavy atom. The largest absolute Gasteiger partial charge is 0.497 e. The monoisotopic (exact) mass is 493 g/mol. The van der Waals surface area contributed by atoms with Gasteiger partial charge in [-0.15, -0.1) is 0 Å². The molecule has 0 radical (unpaired) electrons. The molecule has 186 valence electrons. The normalized spacial score (nSPS) is 13.6. The van der Waals surface area contributed by atoms with Crippen molar-refractivity contribution < 1.29 is 18.7 Å². The van der Waals surface area contributed by atoms with Gasteiger partial charge in [-0.2, -0.15) is 5.10 Å². The zero-order valence-corrected chi connectivity index (χ0v) is 20.7. The van der Waals surface area contributed by atoms with Crippen molar-refractivity contribution in [2.45, 2.75) is 26.2 Å². The lowest BCUT2D eigenvalue weighted by atomic mass is 9.93. The van der Waals surface area contributed by atoms with Crippen molar-refractivity contribution in [1.29, 1.82) is 0 Å². The maximum atomic E-state index is 13.0. The minimum atomic E-state index is -0.345. The first-order valence-corrected chi connectivity index (χ1v) is 12.1. The number of aryl methyl sites for hydroxylation is 1. The van der Waals surface area contributed by atoms with E-state index in [-0.39, 0.29) is 17.6 Å². The smallest absolute Gasteiger partial charge is 0.291 e. The SMILES string of the molecule is COc1cccc(NC(=O)c2oc3c(c2C)/C(=N/NC(=O)c2ccc(-c4ccccc4)cc2)CCC3)c1. The minimum absolute atomic E-state index is 0.241. The van der Waals surface area contributed by atoms with E-state index in [1.807, 2.05) is 49.4 Å². The number of ether oxygens (including phenoxy) is 1. The summed E-state index contributed by atoms with van der Waals surface area (Å²) >= 11 is 0. The zero-order valence-electron chi connectivity index (χ0n) is 20.7. The number of nitrogens with one attached hydrogen (secondary N) is 2. The number of hydrogen-bond acceptors (Lipinski definition) is 5. The molecule has 3 aromatic carbocycles. The van der Waals surface area contributed by atoms with E-state index in [1.54, 1.807) is 43.5 Å². The highest BCUT2D eigenvalue weighted by atomic mass is 16.5. The average molecular weight is 494 g/mol. The number of fused-ring (bicyclic) bond motifs is 1. The van der Waals surface area contributed by atoms with Crippen LogP contribution in [-0.2, 0) is 6.42 Å². The molecule has 4 aromatic rings. The molecule has 1 aliphatic carbocycles. The van der Waals surface area contributed by atoms with Crippen LogP contribution in [0.1, 0.15) is 50.6 Å². The molecule has 0 saturated carbocycles. The third-order valence-corrected chi connectivity index (χ3v) is 6.41. The molecule has 0 atom stereocenters. The highest BCUT2D eigenvalue weighted by Gasteiger charge is 2.28. The molecule has 1 heterocycles. The summed E-state index contributed by atoms with van der Waals surface area (Å²) in [6.07, 6.45) is 2.20. The molecule has 37 heavy (non-hydrogen) atoms. The van der Waals surface area contributed by atoms with E-state index in [1.165, 1.54) is 0 Å². The van der Waals surface area contributed by atoms with Crippen LogP contribution < -0.4 is 15.5 Å². The predicted molar refractivity (Wildman–Crippen MR) is 143 cm³/mol. The van der Waals surface area contributed by atoms with Crippen molar-refractivity contribution in [3.05, 3.63) is 107 Å². The summed E-state index contributed by atoms with van der Waals surface area (Å²) in [5, 5.41) is 7.29. The van der Waals surface area contributed by atoms with Crippen molar-refractivity contribution in [3.63, 3.8) is 0 Å². The number of benzene rings is 3. The summed E-state index contributed by atoms with van der Waals surface area (Å²) in [5.41, 5.74) is 8.13. The molecular weight excluding hydrogens is 466 g/mol. The van der Waals surface area contributed by atoms with Crippen molar-refractivity contribution >= 4 is 23.2 Å². The van der Waals surface area contributed by atoms with E-state index >= 15 is 0 Å². The van der Waals surface area contributed by atoms with Crippen LogP contribution in [0.3, 0.4) is 0 Å². The van der Waals surface area contributed by atoms with Crippen LogP contribution in [0.5, 0.6) is 5.75 Å². The number of methoxy groups -OCH3 is 1. The fraction of sp³-hybridized carbons (Fsp3) is 0.167. The van der Waals surface area contributed by atoms with Gasteiger partial charge in [0, 0.05) is 34.9 Å². The third-order valence-electron chi connectivity index (χ3n) is 6.41. The first-order valence-electron chi connectivity index (χ1n) is 12.1. The summed E-state index contributed by atoms with van der Waals surface area (Å²) in [6.45, 7) is 1.84. The minimum Gasteiger partial charge on any atom is -0.497 e. The van der Waals surface area contributed by atoms with Gasteiger partial charge in [0.25, 0.3) is 11.8 Å². The Balaban J connectivity index is 1.32. The number of carbonyl (C=O) groups excluding carboxylic acids is 2. The molecule has 0 unspecified atom stereocenters. The van der Waals surface area contributed by atoms with Crippen molar-refractivity contribution in [2.24, 2.45) is 5.10 Å². The van der Waals surface area contributed by atoms with E-state index in [4.69, 9.17) is 9.15 Å². The quantitative estimate of drug-likeness (QED) is 0.323. The predicted octanol–water partition coefficient (Wildman–Crippen LogP) is 5.99. The second-order valence-corrected chi connectivity index (χ2v) is 8.84. The van der Waals surface area contributed by atoms with Gasteiger partial charge in [-0.1, -0.05) is 48.5 Å². The van der Waals surface area contributed by atoms with Crippen LogP contribution in [0.2, 0.25) is 0 Å². The first-order chi connectivity index (χ1) is 18.0. The Morgan fingerprint density at radius 2 is 1.65 bits per heavy atom. The van der Waals surface area contributed by atoms with E-state index in [2.05, 4.69) is 15.8 Å². The number of nitrogens with zero attached hydrogens (tertiary/aromatic N) is 1. The Morgan fingerprint density at radius 3 is 2.41 bits per heavy atom. The van der Waals surface area contributed by atoms with Crippen LogP contribution in [0.4, 0.5) is 5.69 Å². The van der Waals surface area contributed by atoms with Crippen molar-refractivity contribution in [1.82, 2.24) is 5.43 Å². The second-order valence-electron chi connectivity index (χ2n) is 8.84. The van der Waals surface area contributed by atoms with Gasteiger partial charge in [0.2, 0.25) is 0 Å². The van der Waals surface area contributed by atoms with Crippen LogP contribution in [-0.4, -0.2) is 24.6 Å². The van der Waals surface area contributed by atoms with Gasteiger partial charge in [0.05, 0.1) is 12.8 Å². The van der Waals surface area contributed by atoms with E-state index in [0.717, 1.165) is 23.1 Å². The zero-order chi connectivity index (χ0) is 25.8. The number of hydrazone groups is 1. The molecule has 5 rings (SSSR count). The summed E-state index contributed by atoms with van der Waals surface area (Å²) in [4.78, 5) is 25.8. The summed E-state index contributed by atoms with van der Waals surface area (Å²) in [6, 6.07) is 24.5. The van der Waals surface area contributed by atoms with E-state index in [9.17, 15) is 9.59 Å². The molecule has 0 fully saturated rings. The molecule has 7 nitrogen and oxygen atoms in total. The second kappa shape index (κ2) is 10.5. The van der Waals surface area contributed by atoms with E-state index < -0.39 is 0 Å². The Bertz CT molecular complexity index is 1470. The van der Waals surface area contributed by atoms with Gasteiger partial charge in [-0.25, -0.2) is 5.43 Å². The Kier molecular flexibility index (Phi) is 6.85. The lowest BCUT2D eigenvalue weighted by molar-refractivity contribution is 0.0953. The lowest BCUT2D eigenvalue weighted by Crippen LogP contribution is -2.22. The van der Waals surface area contributed by atoms with Crippen LogP contribution in [0, 0.1) is 6.92 Å². The molecule has 0 spiro atoms. The molecule has 2 N–H and O–H groups in total. The number of anilines is 1. The maximum Gasteiger partial charge on any atom is 0.291 e. The summed E-state index contributed by atoms with van der Waals surface area (Å²) in [5.74, 6) is 0.955. The fourth-order valence-electron chi connectivity index (χ4n) is 4.51. The van der Waals surface area contributed by atoms with Gasteiger partial charge >= 0.3 is 0 Å². The topological polar surface area (TPSA) is 92.9 Å². The maximum absolute atomic E-state index is 13.0. The Labute approximate surface area is 215 Å². The van der Waals surface area contributed by atoms with Gasteiger partial charge in [-0.05, 0) is 55.2 Å². The molecule has 7 heteroatoms. The molecule has 1 aliphatic rings.